The van der Waals surface area contributed by atoms with Crippen LogP contribution in [0.3, 0.4) is 0 Å². The normalized spacial score (nSPS) is 21.4. The summed E-state index contributed by atoms with van der Waals surface area (Å²) in [5, 5.41) is 13.7. The number of aliphatic hydroxyl groups is 1. The molecule has 220 valence electrons. The third-order valence-corrected chi connectivity index (χ3v) is 8.04. The van der Waals surface area contributed by atoms with Gasteiger partial charge in [0.1, 0.15) is 11.5 Å². The lowest BCUT2D eigenvalue weighted by Crippen LogP contribution is -2.47. The van der Waals surface area contributed by atoms with Crippen LogP contribution in [0.4, 0.5) is 8.78 Å². The van der Waals surface area contributed by atoms with Crippen LogP contribution >= 0.6 is 0 Å². The van der Waals surface area contributed by atoms with Crippen LogP contribution in [-0.2, 0) is 15.0 Å². The fourth-order valence-corrected chi connectivity index (χ4v) is 5.55. The van der Waals surface area contributed by atoms with Crippen LogP contribution in [0.1, 0.15) is 48.1 Å². The van der Waals surface area contributed by atoms with Crippen molar-refractivity contribution < 1.29 is 42.4 Å². The molecule has 9 nitrogen and oxygen atoms in total. The van der Waals surface area contributed by atoms with Crippen molar-refractivity contribution in [1.82, 2.24) is 10.2 Å². The van der Waals surface area contributed by atoms with E-state index in [1.807, 2.05) is 18.2 Å². The van der Waals surface area contributed by atoms with Gasteiger partial charge in [-0.05, 0) is 48.2 Å². The van der Waals surface area contributed by atoms with Gasteiger partial charge in [-0.2, -0.15) is 0 Å². The molecule has 2 heterocycles. The van der Waals surface area contributed by atoms with Gasteiger partial charge in [0.25, 0.3) is 5.91 Å². The Morgan fingerprint density at radius 2 is 1.79 bits per heavy atom. The van der Waals surface area contributed by atoms with Crippen molar-refractivity contribution in [3.8, 4) is 23.0 Å². The highest BCUT2D eigenvalue weighted by Crippen LogP contribution is 2.52. The van der Waals surface area contributed by atoms with Crippen molar-refractivity contribution >= 4 is 11.8 Å². The highest BCUT2D eigenvalue weighted by Gasteiger charge is 2.53. The number of carbonyl (C=O) groups excluding carboxylic acids is 2. The van der Waals surface area contributed by atoms with Crippen molar-refractivity contribution in [3.05, 3.63) is 83.4 Å². The van der Waals surface area contributed by atoms with Crippen LogP contribution in [0.15, 0.2) is 66.7 Å². The maximum absolute atomic E-state index is 13.7. The largest absolute Gasteiger partial charge is 0.586 e. The molecule has 42 heavy (non-hydrogen) atoms. The number of alkyl halides is 2. The third-order valence-electron chi connectivity index (χ3n) is 8.04. The van der Waals surface area contributed by atoms with Gasteiger partial charge >= 0.3 is 6.29 Å². The maximum Gasteiger partial charge on any atom is 0.586 e. The van der Waals surface area contributed by atoms with Gasteiger partial charge in [0, 0.05) is 25.1 Å². The molecule has 1 aliphatic carbocycles. The Hall–Kier alpha value is -4.38. The number of amides is 2. The molecule has 1 saturated carbocycles. The van der Waals surface area contributed by atoms with Gasteiger partial charge in [0.15, 0.2) is 17.6 Å². The molecule has 0 spiro atoms. The molecule has 3 aromatic carbocycles. The zero-order valence-corrected chi connectivity index (χ0v) is 23.0. The van der Waals surface area contributed by atoms with Crippen LogP contribution in [-0.4, -0.2) is 54.9 Å². The quantitative estimate of drug-likeness (QED) is 0.411. The Morgan fingerprint density at radius 1 is 1.05 bits per heavy atom. The van der Waals surface area contributed by atoms with E-state index in [-0.39, 0.29) is 36.3 Å². The summed E-state index contributed by atoms with van der Waals surface area (Å²) in [7, 11) is 3.11. The van der Waals surface area contributed by atoms with Crippen molar-refractivity contribution in [2.45, 2.75) is 49.2 Å². The molecule has 0 saturated heterocycles. The van der Waals surface area contributed by atoms with Gasteiger partial charge in [0.2, 0.25) is 5.91 Å². The minimum Gasteiger partial charge on any atom is -0.497 e. The van der Waals surface area contributed by atoms with Crippen molar-refractivity contribution in [1.29, 1.82) is 0 Å². The summed E-state index contributed by atoms with van der Waals surface area (Å²) in [6.45, 7) is 0.0526. The molecule has 0 aromatic heterocycles. The van der Waals surface area contributed by atoms with E-state index in [2.05, 4.69) is 14.8 Å². The number of hydrogen-bond acceptors (Lipinski definition) is 7. The first-order valence-corrected chi connectivity index (χ1v) is 13.6. The minimum absolute atomic E-state index is 0.0526. The Bertz CT molecular complexity index is 1510. The number of methoxy groups -OCH3 is 1. The summed E-state index contributed by atoms with van der Waals surface area (Å²) in [6, 6.07) is 18.1. The molecular formula is C31H30F2N2O7. The summed E-state index contributed by atoms with van der Waals surface area (Å²) in [5.74, 6) is 0.0741. The molecule has 0 radical (unpaired) electrons. The standard InChI is InChI=1S/C31H30F2N2O7/c1-35(17-23(36)18-6-4-3-5-7-18)28(37)27-16-22(21-10-9-20(39-2)15-25(21)40-27)34-29(38)30(12-13-30)19-8-11-24-26(14-19)42-31(32,33)41-24/h3-11,14-15,22-23,27,36H,12-13,16-17H2,1-2H3,(H,34,38)/t22-,23?,27-/m1/s1. The average molecular weight is 581 g/mol. The molecule has 2 N–H and O–H groups in total. The van der Waals surface area contributed by atoms with Gasteiger partial charge in [-0.15, -0.1) is 8.78 Å². The van der Waals surface area contributed by atoms with Gasteiger partial charge in [0.05, 0.1) is 31.2 Å². The van der Waals surface area contributed by atoms with Crippen LogP contribution in [0.2, 0.25) is 0 Å². The van der Waals surface area contributed by atoms with Gasteiger partial charge in [-0.1, -0.05) is 36.4 Å². The summed E-state index contributed by atoms with van der Waals surface area (Å²) in [5.41, 5.74) is 0.992. The molecule has 1 unspecified atom stereocenters. The second-order valence-corrected chi connectivity index (χ2v) is 10.8. The van der Waals surface area contributed by atoms with Gasteiger partial charge in [-0.3, -0.25) is 9.59 Å². The van der Waals surface area contributed by atoms with Crippen molar-refractivity contribution in [2.75, 3.05) is 20.7 Å². The second-order valence-electron chi connectivity index (χ2n) is 10.8. The zero-order valence-electron chi connectivity index (χ0n) is 23.0. The number of nitrogens with zero attached hydrogens (tertiary/aromatic N) is 1. The second kappa shape index (κ2) is 10.5. The summed E-state index contributed by atoms with van der Waals surface area (Å²) >= 11 is 0. The summed E-state index contributed by atoms with van der Waals surface area (Å²) in [4.78, 5) is 28.7. The van der Waals surface area contributed by atoms with E-state index in [9.17, 15) is 23.5 Å². The molecule has 1 fully saturated rings. The fraction of sp³-hybridized carbons (Fsp3) is 0.355. The van der Waals surface area contributed by atoms with Crippen LogP contribution in [0.5, 0.6) is 23.0 Å². The molecule has 11 heteroatoms. The summed E-state index contributed by atoms with van der Waals surface area (Å²) in [6.07, 6.45) is -4.38. The molecule has 6 rings (SSSR count). The number of halogens is 2. The van der Waals surface area contributed by atoms with E-state index in [0.717, 1.165) is 0 Å². The first-order valence-electron chi connectivity index (χ1n) is 13.6. The smallest absolute Gasteiger partial charge is 0.497 e. The van der Waals surface area contributed by atoms with E-state index in [4.69, 9.17) is 9.47 Å². The number of likely N-dealkylation sites (N-methyl/N-ethyl adjacent to an activating group) is 1. The van der Waals surface area contributed by atoms with Crippen LogP contribution < -0.4 is 24.3 Å². The van der Waals surface area contributed by atoms with Gasteiger partial charge < -0.3 is 34.3 Å². The molecule has 2 aliphatic heterocycles. The highest BCUT2D eigenvalue weighted by atomic mass is 19.3. The molecule has 2 amide bonds. The van der Waals surface area contributed by atoms with Gasteiger partial charge in [-0.25, -0.2) is 0 Å². The number of nitrogens with one attached hydrogen (secondary N) is 1. The van der Waals surface area contributed by atoms with E-state index >= 15 is 0 Å². The van der Waals surface area contributed by atoms with E-state index in [0.29, 0.717) is 41.0 Å². The number of rotatable bonds is 8. The highest BCUT2D eigenvalue weighted by molar-refractivity contribution is 5.92. The molecule has 0 bridgehead atoms. The molecule has 3 aromatic rings. The van der Waals surface area contributed by atoms with Crippen molar-refractivity contribution in [2.24, 2.45) is 0 Å². The SMILES string of the molecule is COc1ccc2c(c1)O[C@@H](C(=O)N(C)CC(O)c1ccccc1)C[C@H]2NC(=O)C1(c2ccc3c(c2)OC(F)(F)O3)CC1. The Labute approximate surface area is 240 Å². The Morgan fingerprint density at radius 3 is 2.50 bits per heavy atom. The zero-order chi connectivity index (χ0) is 29.6. The summed E-state index contributed by atoms with van der Waals surface area (Å²) < 4.78 is 47.7. The Kier molecular flexibility index (Phi) is 6.92. The lowest BCUT2D eigenvalue weighted by atomic mass is 9.91. The van der Waals surface area contributed by atoms with E-state index in [1.165, 1.54) is 24.1 Å². The monoisotopic (exact) mass is 580 g/mol. The number of fused-ring (bicyclic) bond motifs is 2. The predicted molar refractivity (Wildman–Crippen MR) is 146 cm³/mol. The molecule has 3 aliphatic rings. The first kappa shape index (κ1) is 27.8. The van der Waals surface area contributed by atoms with Crippen molar-refractivity contribution in [3.63, 3.8) is 0 Å². The predicted octanol–water partition coefficient (Wildman–Crippen LogP) is 4.25. The number of carbonyl (C=O) groups is 2. The van der Waals surface area contributed by atoms with Crippen LogP contribution in [0.25, 0.3) is 0 Å². The lowest BCUT2D eigenvalue weighted by molar-refractivity contribution is -0.286. The van der Waals surface area contributed by atoms with E-state index in [1.54, 1.807) is 43.4 Å². The van der Waals surface area contributed by atoms with E-state index < -0.39 is 30.0 Å². The number of aliphatic hydroxyl groups excluding tert-OH is 1. The molecular weight excluding hydrogens is 550 g/mol. The number of benzene rings is 3. The fourth-order valence-electron chi connectivity index (χ4n) is 5.55. The minimum atomic E-state index is -3.75. The lowest BCUT2D eigenvalue weighted by Gasteiger charge is -2.35. The number of ether oxygens (including phenoxy) is 4. The Balaban J connectivity index is 1.21. The van der Waals surface area contributed by atoms with Crippen LogP contribution in [0, 0.1) is 0 Å². The topological polar surface area (TPSA) is 107 Å². The maximum atomic E-state index is 13.7. The number of hydrogen-bond donors (Lipinski definition) is 2. The molecule has 3 atom stereocenters. The third kappa shape index (κ3) is 5.20. The first-order chi connectivity index (χ1) is 20.1. The average Bonchev–Trinajstić information content (AvgIpc) is 3.73.